The van der Waals surface area contributed by atoms with Crippen LogP contribution in [0.25, 0.3) is 0 Å². The Morgan fingerprint density at radius 1 is 1.27 bits per heavy atom. The van der Waals surface area contributed by atoms with Crippen LogP contribution in [0, 0.1) is 12.7 Å². The number of anilines is 1. The molecule has 4 nitrogen and oxygen atoms in total. The first-order valence-corrected chi connectivity index (χ1v) is 7.12. The van der Waals surface area contributed by atoms with Crippen molar-refractivity contribution in [2.45, 2.75) is 6.92 Å². The molecule has 0 saturated heterocycles. The molecule has 0 radical (unpaired) electrons. The van der Waals surface area contributed by atoms with Crippen LogP contribution in [0.5, 0.6) is 5.75 Å². The van der Waals surface area contributed by atoms with Crippen molar-refractivity contribution in [3.63, 3.8) is 0 Å². The third kappa shape index (κ3) is 4.93. The van der Waals surface area contributed by atoms with Crippen LogP contribution in [0.1, 0.15) is 5.56 Å². The summed E-state index contributed by atoms with van der Waals surface area (Å²) < 4.78 is 18.3. The van der Waals surface area contributed by atoms with E-state index < -0.39 is 0 Å². The molecule has 2 aromatic rings. The first kappa shape index (κ1) is 16.1. The van der Waals surface area contributed by atoms with Crippen LogP contribution in [0.3, 0.4) is 0 Å². The second-order valence-corrected chi connectivity index (χ2v) is 5.08. The minimum atomic E-state index is -0.361. The lowest BCUT2D eigenvalue weighted by Crippen LogP contribution is -2.32. The first-order chi connectivity index (χ1) is 10.5. The fourth-order valence-electron chi connectivity index (χ4n) is 1.79. The number of hydrogen-bond acceptors (Lipinski definition) is 2. The van der Waals surface area contributed by atoms with Gasteiger partial charge in [0.2, 0.25) is 0 Å². The number of carbonyl (C=O) groups is 1. The molecule has 2 N–H and O–H groups in total. The van der Waals surface area contributed by atoms with Crippen molar-refractivity contribution < 1.29 is 13.9 Å². The summed E-state index contributed by atoms with van der Waals surface area (Å²) in [6, 6.07) is 10.7. The maximum Gasteiger partial charge on any atom is 0.319 e. The normalized spacial score (nSPS) is 10.1. The summed E-state index contributed by atoms with van der Waals surface area (Å²) in [5.74, 6) is 0.0625. The van der Waals surface area contributed by atoms with Gasteiger partial charge in [-0.15, -0.1) is 0 Å². The Balaban J connectivity index is 1.75. The molecule has 6 heteroatoms. The van der Waals surface area contributed by atoms with Crippen molar-refractivity contribution in [3.8, 4) is 5.75 Å². The lowest BCUT2D eigenvalue weighted by molar-refractivity contribution is 0.247. The molecule has 2 aromatic carbocycles. The molecule has 2 amide bonds. The van der Waals surface area contributed by atoms with Gasteiger partial charge in [0.25, 0.3) is 0 Å². The Labute approximate surface area is 133 Å². The Morgan fingerprint density at radius 3 is 2.86 bits per heavy atom. The molecule has 0 heterocycles. The van der Waals surface area contributed by atoms with Gasteiger partial charge in [-0.1, -0.05) is 23.7 Å². The highest BCUT2D eigenvalue weighted by molar-refractivity contribution is 6.31. The van der Waals surface area contributed by atoms with Crippen LogP contribution in [0.2, 0.25) is 5.02 Å². The molecule has 0 unspecified atom stereocenters. The number of aryl methyl sites for hydroxylation is 1. The number of rotatable bonds is 5. The third-order valence-electron chi connectivity index (χ3n) is 2.90. The summed E-state index contributed by atoms with van der Waals surface area (Å²) in [4.78, 5) is 11.8. The van der Waals surface area contributed by atoms with Gasteiger partial charge in [0.1, 0.15) is 18.2 Å². The van der Waals surface area contributed by atoms with Crippen LogP contribution in [-0.4, -0.2) is 19.2 Å². The molecule has 0 aliphatic rings. The maximum absolute atomic E-state index is 12.9. The fraction of sp³-hybridized carbons (Fsp3) is 0.188. The minimum Gasteiger partial charge on any atom is -0.492 e. The van der Waals surface area contributed by atoms with E-state index in [0.29, 0.717) is 23.0 Å². The van der Waals surface area contributed by atoms with E-state index >= 15 is 0 Å². The number of ether oxygens (including phenoxy) is 1. The average molecular weight is 323 g/mol. The van der Waals surface area contributed by atoms with Gasteiger partial charge in [-0.25, -0.2) is 9.18 Å². The number of carbonyl (C=O) groups excluding carboxylic acids is 1. The Hall–Kier alpha value is -2.27. The SMILES string of the molecule is Cc1ccc(Cl)cc1NC(=O)NCCOc1cccc(F)c1. The molecule has 0 bridgehead atoms. The van der Waals surface area contributed by atoms with Gasteiger partial charge in [-0.2, -0.15) is 0 Å². The monoisotopic (exact) mass is 322 g/mol. The molecular weight excluding hydrogens is 307 g/mol. The summed E-state index contributed by atoms with van der Waals surface area (Å²) >= 11 is 5.89. The molecule has 22 heavy (non-hydrogen) atoms. The molecule has 116 valence electrons. The number of halogens is 2. The predicted molar refractivity (Wildman–Crippen MR) is 85.1 cm³/mol. The minimum absolute atomic E-state index is 0.241. The van der Waals surface area contributed by atoms with E-state index in [0.717, 1.165) is 5.56 Å². The van der Waals surface area contributed by atoms with Gasteiger partial charge in [0, 0.05) is 16.8 Å². The van der Waals surface area contributed by atoms with E-state index in [2.05, 4.69) is 10.6 Å². The Bertz CT molecular complexity index is 664. The largest absolute Gasteiger partial charge is 0.492 e. The zero-order valence-electron chi connectivity index (χ0n) is 12.0. The summed E-state index contributed by atoms with van der Waals surface area (Å²) in [6.45, 7) is 2.41. The highest BCUT2D eigenvalue weighted by Crippen LogP contribution is 2.19. The summed E-state index contributed by atoms with van der Waals surface area (Å²) in [7, 11) is 0. The number of benzene rings is 2. The molecule has 0 aliphatic heterocycles. The summed E-state index contributed by atoms with van der Waals surface area (Å²) in [6.07, 6.45) is 0. The van der Waals surface area contributed by atoms with Crippen LogP contribution < -0.4 is 15.4 Å². The van der Waals surface area contributed by atoms with Crippen molar-refractivity contribution in [2.24, 2.45) is 0 Å². The van der Waals surface area contributed by atoms with Crippen molar-refractivity contribution in [2.75, 3.05) is 18.5 Å². The standard InChI is InChI=1S/C16H16ClFN2O2/c1-11-5-6-12(17)9-15(11)20-16(21)19-7-8-22-14-4-2-3-13(18)10-14/h2-6,9-10H,7-8H2,1H3,(H2,19,20,21). The quantitative estimate of drug-likeness (QED) is 0.818. The van der Waals surface area contributed by atoms with Crippen molar-refractivity contribution >= 4 is 23.3 Å². The zero-order valence-corrected chi connectivity index (χ0v) is 12.8. The molecule has 0 aromatic heterocycles. The number of amides is 2. The predicted octanol–water partition coefficient (Wildman–Crippen LogP) is 3.99. The highest BCUT2D eigenvalue weighted by Gasteiger charge is 2.05. The molecule has 2 rings (SSSR count). The van der Waals surface area contributed by atoms with Gasteiger partial charge in [0.15, 0.2) is 0 Å². The number of nitrogens with one attached hydrogen (secondary N) is 2. The lowest BCUT2D eigenvalue weighted by atomic mass is 10.2. The number of urea groups is 1. The van der Waals surface area contributed by atoms with Gasteiger partial charge in [-0.3, -0.25) is 0 Å². The van der Waals surface area contributed by atoms with Gasteiger partial charge in [0.05, 0.1) is 6.54 Å². The van der Waals surface area contributed by atoms with E-state index in [1.165, 1.54) is 12.1 Å². The second-order valence-electron chi connectivity index (χ2n) is 4.65. The molecular formula is C16H16ClFN2O2. The third-order valence-corrected chi connectivity index (χ3v) is 3.14. The van der Waals surface area contributed by atoms with E-state index in [1.807, 2.05) is 13.0 Å². The summed E-state index contributed by atoms with van der Waals surface area (Å²) in [5.41, 5.74) is 1.56. The average Bonchev–Trinajstić information content (AvgIpc) is 2.48. The van der Waals surface area contributed by atoms with E-state index in [-0.39, 0.29) is 18.5 Å². The summed E-state index contributed by atoms with van der Waals surface area (Å²) in [5, 5.41) is 5.91. The smallest absolute Gasteiger partial charge is 0.319 e. The lowest BCUT2D eigenvalue weighted by Gasteiger charge is -2.11. The first-order valence-electron chi connectivity index (χ1n) is 6.74. The van der Waals surface area contributed by atoms with Gasteiger partial charge < -0.3 is 15.4 Å². The van der Waals surface area contributed by atoms with E-state index in [4.69, 9.17) is 16.3 Å². The Kier molecular flexibility index (Phi) is 5.61. The van der Waals surface area contributed by atoms with Crippen molar-refractivity contribution in [3.05, 3.63) is 58.9 Å². The molecule has 0 fully saturated rings. The molecule has 0 aliphatic carbocycles. The molecule has 0 saturated carbocycles. The zero-order chi connectivity index (χ0) is 15.9. The highest BCUT2D eigenvalue weighted by atomic mass is 35.5. The van der Waals surface area contributed by atoms with Crippen molar-refractivity contribution in [1.29, 1.82) is 0 Å². The van der Waals surface area contributed by atoms with Crippen LogP contribution in [-0.2, 0) is 0 Å². The van der Waals surface area contributed by atoms with E-state index in [9.17, 15) is 9.18 Å². The topological polar surface area (TPSA) is 50.4 Å². The maximum atomic E-state index is 12.9. The molecule has 0 spiro atoms. The van der Waals surface area contributed by atoms with Gasteiger partial charge >= 0.3 is 6.03 Å². The van der Waals surface area contributed by atoms with Crippen molar-refractivity contribution in [1.82, 2.24) is 5.32 Å². The van der Waals surface area contributed by atoms with Crippen LogP contribution in [0.4, 0.5) is 14.9 Å². The van der Waals surface area contributed by atoms with Crippen LogP contribution in [0.15, 0.2) is 42.5 Å². The second kappa shape index (κ2) is 7.66. The Morgan fingerprint density at radius 2 is 2.09 bits per heavy atom. The molecule has 0 atom stereocenters. The van der Waals surface area contributed by atoms with Crippen LogP contribution >= 0.6 is 11.6 Å². The van der Waals surface area contributed by atoms with E-state index in [1.54, 1.807) is 24.3 Å². The van der Waals surface area contributed by atoms with Gasteiger partial charge in [-0.05, 0) is 36.8 Å². The fourth-order valence-corrected chi connectivity index (χ4v) is 1.96. The number of hydrogen-bond donors (Lipinski definition) is 2.